The Kier molecular flexibility index (Phi) is 4.34. The maximum Gasteiger partial charge on any atom is 0.293 e. The molecule has 20 heavy (non-hydrogen) atoms. The number of carbonyl (C=O) groups is 1. The van der Waals surface area contributed by atoms with Gasteiger partial charge in [-0.1, -0.05) is 0 Å². The van der Waals surface area contributed by atoms with Gasteiger partial charge in [0, 0.05) is 43.9 Å². The molecule has 1 aliphatic heterocycles. The number of nitrogens with zero attached hydrogens (tertiary/aromatic N) is 3. The summed E-state index contributed by atoms with van der Waals surface area (Å²) < 4.78 is 0. The number of piperazine rings is 1. The molecule has 0 amide bonds. The Morgan fingerprint density at radius 1 is 1.25 bits per heavy atom. The van der Waals surface area contributed by atoms with Gasteiger partial charge in [-0.25, -0.2) is 0 Å². The summed E-state index contributed by atoms with van der Waals surface area (Å²) in [5, 5.41) is 11.2. The molecule has 1 aromatic carbocycles. The van der Waals surface area contributed by atoms with E-state index >= 15 is 0 Å². The first-order valence-corrected chi connectivity index (χ1v) is 6.75. The summed E-state index contributed by atoms with van der Waals surface area (Å²) in [5.41, 5.74) is 0.942. The van der Waals surface area contributed by atoms with Crippen LogP contribution < -0.4 is 4.90 Å². The minimum absolute atomic E-state index is 0.00703. The molecule has 2 rings (SSSR count). The first kappa shape index (κ1) is 14.5. The van der Waals surface area contributed by atoms with E-state index in [1.54, 1.807) is 12.1 Å². The van der Waals surface area contributed by atoms with Crippen molar-refractivity contribution in [3.63, 3.8) is 0 Å². The molecule has 1 fully saturated rings. The molecule has 6 heteroatoms. The number of rotatable bonds is 4. The summed E-state index contributed by atoms with van der Waals surface area (Å²) >= 11 is 0. The van der Waals surface area contributed by atoms with Gasteiger partial charge in [0.2, 0.25) is 0 Å². The number of carbonyl (C=O) groups excluding carboxylic acids is 1. The standard InChI is InChI=1S/C14H19N3O3/c1-11(2)15-5-7-16(8-6-15)13-4-3-12(10-18)9-14(13)17(19)20/h3-4,9-11H,5-8H2,1-2H3. The number of nitro groups is 1. The summed E-state index contributed by atoms with van der Waals surface area (Å²) in [4.78, 5) is 25.9. The highest BCUT2D eigenvalue weighted by molar-refractivity contribution is 5.79. The Hall–Kier alpha value is -1.95. The molecule has 0 radical (unpaired) electrons. The van der Waals surface area contributed by atoms with Crippen LogP contribution in [0.5, 0.6) is 0 Å². The molecule has 0 unspecified atom stereocenters. The lowest BCUT2D eigenvalue weighted by atomic mass is 10.1. The Morgan fingerprint density at radius 2 is 1.90 bits per heavy atom. The Morgan fingerprint density at radius 3 is 2.40 bits per heavy atom. The molecule has 1 aliphatic rings. The highest BCUT2D eigenvalue weighted by atomic mass is 16.6. The van der Waals surface area contributed by atoms with Gasteiger partial charge in [-0.3, -0.25) is 19.8 Å². The lowest BCUT2D eigenvalue weighted by Gasteiger charge is -2.37. The van der Waals surface area contributed by atoms with Crippen LogP contribution >= 0.6 is 0 Å². The van der Waals surface area contributed by atoms with Crippen molar-refractivity contribution >= 4 is 17.7 Å². The van der Waals surface area contributed by atoms with Crippen molar-refractivity contribution in [2.75, 3.05) is 31.1 Å². The number of nitro benzene ring substituents is 1. The largest absolute Gasteiger partial charge is 0.363 e. The molecule has 0 N–H and O–H groups in total. The zero-order valence-electron chi connectivity index (χ0n) is 11.8. The Balaban J connectivity index is 2.21. The van der Waals surface area contributed by atoms with E-state index < -0.39 is 4.92 Å². The predicted octanol–water partition coefficient (Wildman–Crippen LogP) is 1.94. The summed E-state index contributed by atoms with van der Waals surface area (Å²) in [7, 11) is 0. The Bertz CT molecular complexity index is 508. The molecule has 1 aromatic rings. The molecular weight excluding hydrogens is 258 g/mol. The van der Waals surface area contributed by atoms with Crippen molar-refractivity contribution in [3.8, 4) is 0 Å². The zero-order valence-corrected chi connectivity index (χ0v) is 11.8. The van der Waals surface area contributed by atoms with Gasteiger partial charge in [0.25, 0.3) is 5.69 Å². The van der Waals surface area contributed by atoms with Crippen molar-refractivity contribution in [1.82, 2.24) is 4.90 Å². The van der Waals surface area contributed by atoms with Crippen molar-refractivity contribution < 1.29 is 9.72 Å². The SMILES string of the molecule is CC(C)N1CCN(c2ccc(C=O)cc2[N+](=O)[O-])CC1. The first-order valence-electron chi connectivity index (χ1n) is 6.75. The predicted molar refractivity (Wildman–Crippen MR) is 77.4 cm³/mol. The summed E-state index contributed by atoms with van der Waals surface area (Å²) in [6.45, 7) is 7.61. The number of aldehydes is 1. The molecule has 1 heterocycles. The molecule has 0 aliphatic carbocycles. The van der Waals surface area contributed by atoms with Crippen molar-refractivity contribution in [3.05, 3.63) is 33.9 Å². The molecule has 0 atom stereocenters. The first-order chi connectivity index (χ1) is 9.52. The number of benzene rings is 1. The second-order valence-electron chi connectivity index (χ2n) is 5.24. The molecule has 0 bridgehead atoms. The van der Waals surface area contributed by atoms with E-state index in [2.05, 4.69) is 18.7 Å². The summed E-state index contributed by atoms with van der Waals surface area (Å²) in [6, 6.07) is 5.14. The quantitative estimate of drug-likeness (QED) is 0.478. The van der Waals surface area contributed by atoms with E-state index in [0.29, 0.717) is 23.6 Å². The van der Waals surface area contributed by atoms with Gasteiger partial charge in [-0.2, -0.15) is 0 Å². The number of hydrogen-bond donors (Lipinski definition) is 0. The van der Waals surface area contributed by atoms with E-state index in [1.165, 1.54) is 6.07 Å². The second-order valence-corrected chi connectivity index (χ2v) is 5.24. The minimum atomic E-state index is -0.419. The molecule has 0 aromatic heterocycles. The van der Waals surface area contributed by atoms with Gasteiger partial charge in [0.1, 0.15) is 12.0 Å². The fraction of sp³-hybridized carbons (Fsp3) is 0.500. The van der Waals surface area contributed by atoms with Gasteiger partial charge < -0.3 is 4.90 Å². The maximum absolute atomic E-state index is 11.2. The smallest absolute Gasteiger partial charge is 0.293 e. The van der Waals surface area contributed by atoms with E-state index in [-0.39, 0.29) is 5.69 Å². The van der Waals surface area contributed by atoms with Crippen LogP contribution in [0.3, 0.4) is 0 Å². The fourth-order valence-corrected chi connectivity index (χ4v) is 2.51. The highest BCUT2D eigenvalue weighted by Gasteiger charge is 2.24. The maximum atomic E-state index is 11.2. The van der Waals surface area contributed by atoms with Crippen LogP contribution in [0.2, 0.25) is 0 Å². The minimum Gasteiger partial charge on any atom is -0.363 e. The molecule has 0 spiro atoms. The second kappa shape index (κ2) is 6.00. The van der Waals surface area contributed by atoms with Crippen LogP contribution in [0.1, 0.15) is 24.2 Å². The van der Waals surface area contributed by atoms with Crippen LogP contribution in [0.4, 0.5) is 11.4 Å². The van der Waals surface area contributed by atoms with Gasteiger partial charge >= 0.3 is 0 Å². The monoisotopic (exact) mass is 277 g/mol. The van der Waals surface area contributed by atoms with Gasteiger partial charge in [0.15, 0.2) is 0 Å². The number of hydrogen-bond acceptors (Lipinski definition) is 5. The average Bonchev–Trinajstić information content (AvgIpc) is 2.46. The molecule has 1 saturated heterocycles. The van der Waals surface area contributed by atoms with E-state index in [4.69, 9.17) is 0 Å². The normalized spacial score (nSPS) is 16.4. The summed E-state index contributed by atoms with van der Waals surface area (Å²) in [6.07, 6.45) is 0.632. The average molecular weight is 277 g/mol. The third-order valence-electron chi connectivity index (χ3n) is 3.72. The van der Waals surface area contributed by atoms with Crippen molar-refractivity contribution in [2.24, 2.45) is 0 Å². The van der Waals surface area contributed by atoms with Gasteiger partial charge in [0.05, 0.1) is 4.92 Å². The number of anilines is 1. The highest BCUT2D eigenvalue weighted by Crippen LogP contribution is 2.29. The van der Waals surface area contributed by atoms with Gasteiger partial charge in [-0.15, -0.1) is 0 Å². The topological polar surface area (TPSA) is 66.7 Å². The fourth-order valence-electron chi connectivity index (χ4n) is 2.51. The van der Waals surface area contributed by atoms with Crippen LogP contribution in [0.15, 0.2) is 18.2 Å². The molecule has 0 saturated carbocycles. The van der Waals surface area contributed by atoms with Crippen molar-refractivity contribution in [1.29, 1.82) is 0 Å². The van der Waals surface area contributed by atoms with Crippen LogP contribution in [-0.2, 0) is 0 Å². The lowest BCUT2D eigenvalue weighted by molar-refractivity contribution is -0.384. The van der Waals surface area contributed by atoms with E-state index in [0.717, 1.165) is 26.2 Å². The molecule has 6 nitrogen and oxygen atoms in total. The van der Waals surface area contributed by atoms with E-state index in [9.17, 15) is 14.9 Å². The lowest BCUT2D eigenvalue weighted by Crippen LogP contribution is -2.49. The van der Waals surface area contributed by atoms with E-state index in [1.807, 2.05) is 4.90 Å². The third kappa shape index (κ3) is 2.96. The summed E-state index contributed by atoms with van der Waals surface area (Å²) in [5.74, 6) is 0. The zero-order chi connectivity index (χ0) is 14.7. The van der Waals surface area contributed by atoms with Crippen molar-refractivity contribution in [2.45, 2.75) is 19.9 Å². The third-order valence-corrected chi connectivity index (χ3v) is 3.72. The molecular formula is C14H19N3O3. The van der Waals surface area contributed by atoms with Crippen LogP contribution in [0.25, 0.3) is 0 Å². The van der Waals surface area contributed by atoms with Crippen LogP contribution in [0, 0.1) is 10.1 Å². The molecule has 108 valence electrons. The van der Waals surface area contributed by atoms with Gasteiger partial charge in [-0.05, 0) is 26.0 Å². The van der Waals surface area contributed by atoms with Crippen LogP contribution in [-0.4, -0.2) is 48.3 Å². The Labute approximate surface area is 118 Å².